The third kappa shape index (κ3) is 8.81. The summed E-state index contributed by atoms with van der Waals surface area (Å²) >= 11 is 0. The van der Waals surface area contributed by atoms with Crippen molar-refractivity contribution in [1.82, 2.24) is 0 Å². The van der Waals surface area contributed by atoms with Crippen molar-refractivity contribution in [3.8, 4) is 11.1 Å². The molecule has 8 aromatic rings. The van der Waals surface area contributed by atoms with Gasteiger partial charge in [0.15, 0.2) is 0 Å². The maximum absolute atomic E-state index is 2.71. The van der Waals surface area contributed by atoms with E-state index in [2.05, 4.69) is 286 Å². The van der Waals surface area contributed by atoms with E-state index in [0.29, 0.717) is 0 Å². The number of rotatable bonds is 6. The Hall–Kier alpha value is -6.78. The first-order valence-electron chi connectivity index (χ1n) is 28.9. The third-order valence-corrected chi connectivity index (χ3v) is 18.2. The quantitative estimate of drug-likeness (QED) is 0.154. The predicted octanol–water partition coefficient (Wildman–Crippen LogP) is 19.0. The zero-order valence-electron chi connectivity index (χ0n) is 50.6. The number of anilines is 9. The first-order valence-corrected chi connectivity index (χ1v) is 28.9. The second-order valence-corrected chi connectivity index (χ2v) is 28.2. The summed E-state index contributed by atoms with van der Waals surface area (Å²) in [6.07, 6.45) is 2.31. The minimum absolute atomic E-state index is 0.00687. The molecule has 4 heteroatoms. The summed E-state index contributed by atoms with van der Waals surface area (Å²) in [4.78, 5) is 7.97. The Kier molecular flexibility index (Phi) is 12.6. The summed E-state index contributed by atoms with van der Waals surface area (Å²) in [5.41, 5.74) is 32.2. The van der Waals surface area contributed by atoms with E-state index in [9.17, 15) is 0 Å². The molecule has 0 atom stereocenters. The second-order valence-electron chi connectivity index (χ2n) is 28.2. The zero-order chi connectivity index (χ0) is 55.9. The van der Waals surface area contributed by atoms with Gasteiger partial charge in [0.05, 0.1) is 17.1 Å². The van der Waals surface area contributed by atoms with E-state index in [1.165, 1.54) is 129 Å². The lowest BCUT2D eigenvalue weighted by Gasteiger charge is -2.48. The molecular formula is C74H84BN3. The van der Waals surface area contributed by atoms with Gasteiger partial charge in [0, 0.05) is 34.1 Å². The van der Waals surface area contributed by atoms with E-state index in [4.69, 9.17) is 0 Å². The summed E-state index contributed by atoms with van der Waals surface area (Å²) in [6.45, 7) is 45.1. The lowest BCUT2D eigenvalue weighted by atomic mass is 9.33. The summed E-state index contributed by atoms with van der Waals surface area (Å²) < 4.78 is 0. The Bertz CT molecular complexity index is 3640. The predicted molar refractivity (Wildman–Crippen MR) is 340 cm³/mol. The molecule has 3 aliphatic rings. The number of para-hydroxylation sites is 1. The van der Waals surface area contributed by atoms with Gasteiger partial charge in [0.1, 0.15) is 0 Å². The van der Waals surface area contributed by atoms with Crippen molar-refractivity contribution in [2.45, 2.75) is 171 Å². The van der Waals surface area contributed by atoms with E-state index in [1.54, 1.807) is 0 Å². The van der Waals surface area contributed by atoms with Crippen LogP contribution in [0.2, 0.25) is 0 Å². The van der Waals surface area contributed by atoms with Gasteiger partial charge in [-0.15, -0.1) is 0 Å². The van der Waals surface area contributed by atoms with Crippen LogP contribution < -0.4 is 31.1 Å². The average molecular weight is 1030 g/mol. The van der Waals surface area contributed by atoms with Gasteiger partial charge in [-0.3, -0.25) is 0 Å². The Labute approximate surface area is 469 Å². The first-order chi connectivity index (χ1) is 36.5. The molecule has 0 saturated heterocycles. The number of aryl methyl sites for hydroxylation is 6. The van der Waals surface area contributed by atoms with Crippen LogP contribution in [-0.2, 0) is 27.1 Å². The molecule has 11 rings (SSSR count). The highest BCUT2D eigenvalue weighted by Crippen LogP contribution is 2.53. The van der Waals surface area contributed by atoms with Gasteiger partial charge >= 0.3 is 0 Å². The van der Waals surface area contributed by atoms with Crippen LogP contribution in [0, 0.1) is 41.5 Å². The zero-order valence-corrected chi connectivity index (χ0v) is 50.6. The average Bonchev–Trinajstić information content (AvgIpc) is 2.49. The van der Waals surface area contributed by atoms with E-state index in [1.807, 2.05) is 0 Å². The van der Waals surface area contributed by atoms with Crippen LogP contribution in [0.15, 0.2) is 140 Å². The van der Waals surface area contributed by atoms with Crippen molar-refractivity contribution in [3.63, 3.8) is 0 Å². The van der Waals surface area contributed by atoms with Crippen molar-refractivity contribution >= 4 is 74.3 Å². The number of hydrogen-bond donors (Lipinski definition) is 0. The van der Waals surface area contributed by atoms with Gasteiger partial charge in [0.25, 0.3) is 6.71 Å². The topological polar surface area (TPSA) is 9.72 Å². The molecule has 1 aliphatic carbocycles. The van der Waals surface area contributed by atoms with E-state index in [0.717, 1.165) is 24.2 Å². The lowest BCUT2D eigenvalue weighted by Crippen LogP contribution is -2.62. The number of nitrogens with zero attached hydrogens (tertiary/aromatic N) is 3. The minimum atomic E-state index is -0.152. The van der Waals surface area contributed by atoms with Gasteiger partial charge in [-0.2, -0.15) is 0 Å². The molecule has 0 N–H and O–H groups in total. The maximum Gasteiger partial charge on any atom is 0.252 e. The van der Waals surface area contributed by atoms with Crippen molar-refractivity contribution in [1.29, 1.82) is 0 Å². The normalized spacial score (nSPS) is 15.4. The molecule has 0 bridgehead atoms. The monoisotopic (exact) mass is 1030 g/mol. The highest BCUT2D eigenvalue weighted by Gasteiger charge is 2.48. The van der Waals surface area contributed by atoms with Gasteiger partial charge < -0.3 is 14.7 Å². The molecule has 398 valence electrons. The molecular weight excluding hydrogens is 942 g/mol. The van der Waals surface area contributed by atoms with Crippen LogP contribution in [0.5, 0.6) is 0 Å². The smallest absolute Gasteiger partial charge is 0.252 e. The third-order valence-electron chi connectivity index (χ3n) is 18.2. The maximum atomic E-state index is 2.71. The van der Waals surface area contributed by atoms with Crippen LogP contribution in [-0.4, -0.2) is 6.71 Å². The Morgan fingerprint density at radius 3 is 1.35 bits per heavy atom. The number of benzene rings is 8. The van der Waals surface area contributed by atoms with Crippen molar-refractivity contribution < 1.29 is 0 Å². The highest BCUT2D eigenvalue weighted by atomic mass is 15.2. The molecule has 78 heavy (non-hydrogen) atoms. The standard InChI is InChI=1S/C74H84BN3/c1-45-24-23-25-46(2)67(45)78-63-44-59-58(73(16,17)34-35-74(59,18)19)43-61(63)75-60-33-32-57(76(68-47(3)36-53(37-48(68)4)70(7,8)9)56-30-28-52(29-31-56)51-26-21-20-22-27-51)42-62(60)77(64-40-55(72(13,14)15)41-65(78)66(64)75)69-49(5)38-54(39-50(69)6)71(10,11)12/h20-33,36-44H,34-35H2,1-19H3. The Morgan fingerprint density at radius 1 is 0.397 bits per heavy atom. The molecule has 2 heterocycles. The Morgan fingerprint density at radius 2 is 0.833 bits per heavy atom. The molecule has 0 unspecified atom stereocenters. The fourth-order valence-corrected chi connectivity index (χ4v) is 13.6. The first kappa shape index (κ1) is 53.2. The van der Waals surface area contributed by atoms with Gasteiger partial charge in [-0.1, -0.05) is 187 Å². The summed E-state index contributed by atoms with van der Waals surface area (Å²) in [6, 6.07) is 54.7. The molecule has 0 saturated carbocycles. The van der Waals surface area contributed by atoms with Crippen LogP contribution in [0.3, 0.4) is 0 Å². The summed E-state index contributed by atoms with van der Waals surface area (Å²) in [7, 11) is 0. The second kappa shape index (κ2) is 18.4. The molecule has 0 aromatic heterocycles. The fourth-order valence-electron chi connectivity index (χ4n) is 13.6. The highest BCUT2D eigenvalue weighted by molar-refractivity contribution is 7.00. The van der Waals surface area contributed by atoms with Crippen LogP contribution >= 0.6 is 0 Å². The van der Waals surface area contributed by atoms with Gasteiger partial charge in [-0.05, 0) is 213 Å². The molecule has 0 radical (unpaired) electrons. The van der Waals surface area contributed by atoms with Crippen LogP contribution in [0.25, 0.3) is 11.1 Å². The van der Waals surface area contributed by atoms with E-state index in [-0.39, 0.29) is 33.8 Å². The van der Waals surface area contributed by atoms with E-state index < -0.39 is 0 Å². The van der Waals surface area contributed by atoms with Crippen molar-refractivity contribution in [3.05, 3.63) is 201 Å². The molecule has 3 nitrogen and oxygen atoms in total. The SMILES string of the molecule is Cc1cc(C(C)(C)C)cc(C)c1N(c1ccc(-c2ccccc2)cc1)c1ccc2c(c1)N(c1c(C)cc(C(C)(C)C)cc1C)c1cc(C(C)(C)C)cc3c1B2c1cc2c(cc1N3c1c(C)cccc1C)C(C)(C)CCC2(C)C. The lowest BCUT2D eigenvalue weighted by molar-refractivity contribution is 0.332. The fraction of sp³-hybridized carbons (Fsp3) is 0.351. The van der Waals surface area contributed by atoms with Crippen LogP contribution in [0.1, 0.15) is 164 Å². The number of hydrogen-bond acceptors (Lipinski definition) is 3. The van der Waals surface area contributed by atoms with Crippen molar-refractivity contribution in [2.75, 3.05) is 14.7 Å². The Balaban J connectivity index is 1.27. The summed E-state index contributed by atoms with van der Waals surface area (Å²) in [5.74, 6) is 0. The van der Waals surface area contributed by atoms with E-state index >= 15 is 0 Å². The van der Waals surface area contributed by atoms with Crippen LogP contribution in [0.4, 0.5) is 51.2 Å². The largest absolute Gasteiger partial charge is 0.311 e. The van der Waals surface area contributed by atoms with Crippen molar-refractivity contribution in [2.24, 2.45) is 0 Å². The molecule has 0 amide bonds. The molecule has 0 fully saturated rings. The number of fused-ring (bicyclic) bond motifs is 5. The molecule has 0 spiro atoms. The molecule has 8 aromatic carbocycles. The van der Waals surface area contributed by atoms with Gasteiger partial charge in [-0.25, -0.2) is 0 Å². The summed E-state index contributed by atoms with van der Waals surface area (Å²) in [5, 5.41) is 0. The van der Waals surface area contributed by atoms with Gasteiger partial charge in [0.2, 0.25) is 0 Å². The molecule has 2 aliphatic heterocycles. The minimum Gasteiger partial charge on any atom is -0.311 e.